The van der Waals surface area contributed by atoms with E-state index in [2.05, 4.69) is 53.7 Å². The zero-order valence-electron chi connectivity index (χ0n) is 14.3. The van der Waals surface area contributed by atoms with Gasteiger partial charge in [0.05, 0.1) is 5.60 Å². The van der Waals surface area contributed by atoms with Gasteiger partial charge in [0.15, 0.2) is 5.96 Å². The first kappa shape index (κ1) is 18.5. The maximum Gasteiger partial charge on any atom is 0.191 e. The Hall–Kier alpha value is -0.820. The van der Waals surface area contributed by atoms with Crippen molar-refractivity contribution in [2.24, 2.45) is 4.99 Å². The number of guanidine groups is 1. The Bertz CT molecular complexity index is 555. The van der Waals surface area contributed by atoms with Crippen molar-refractivity contribution in [2.45, 2.75) is 50.7 Å². The fourth-order valence-corrected chi connectivity index (χ4v) is 3.32. The molecule has 128 valence electrons. The molecule has 1 aliphatic heterocycles. The second-order valence-electron chi connectivity index (χ2n) is 6.78. The number of hydrogen-bond donors (Lipinski definition) is 2. The van der Waals surface area contributed by atoms with Gasteiger partial charge in [0.1, 0.15) is 0 Å². The van der Waals surface area contributed by atoms with Crippen LogP contribution in [0.1, 0.15) is 43.2 Å². The van der Waals surface area contributed by atoms with E-state index >= 15 is 0 Å². The highest BCUT2D eigenvalue weighted by Crippen LogP contribution is 2.42. The third-order valence-corrected chi connectivity index (χ3v) is 4.85. The first-order valence-corrected chi connectivity index (χ1v) is 8.28. The predicted octanol–water partition coefficient (Wildman–Crippen LogP) is 3.20. The number of aryl methyl sites for hydroxylation is 1. The maximum atomic E-state index is 5.82. The van der Waals surface area contributed by atoms with E-state index in [9.17, 15) is 0 Å². The molecule has 2 N–H and O–H groups in total. The number of hydrogen-bond acceptors (Lipinski definition) is 2. The molecule has 4 nitrogen and oxygen atoms in total. The number of nitrogens with zero attached hydrogens (tertiary/aromatic N) is 1. The summed E-state index contributed by atoms with van der Waals surface area (Å²) in [6.45, 7) is 6.06. The molecular weight excluding hydrogens is 401 g/mol. The Kier molecular flexibility index (Phi) is 6.31. The molecule has 3 atom stereocenters. The summed E-state index contributed by atoms with van der Waals surface area (Å²) in [4.78, 5) is 4.35. The molecule has 2 fully saturated rings. The fraction of sp³-hybridized carbons (Fsp3) is 0.611. The quantitative estimate of drug-likeness (QED) is 0.439. The summed E-state index contributed by atoms with van der Waals surface area (Å²) in [6, 6.07) is 9.15. The second-order valence-corrected chi connectivity index (χ2v) is 6.78. The molecule has 23 heavy (non-hydrogen) atoms. The van der Waals surface area contributed by atoms with E-state index in [0.717, 1.165) is 32.0 Å². The van der Waals surface area contributed by atoms with Gasteiger partial charge in [-0.3, -0.25) is 4.99 Å². The first-order valence-electron chi connectivity index (χ1n) is 8.28. The van der Waals surface area contributed by atoms with Gasteiger partial charge >= 0.3 is 0 Å². The maximum absolute atomic E-state index is 5.82. The lowest BCUT2D eigenvalue weighted by atomic mass is 10.0. The van der Waals surface area contributed by atoms with E-state index in [-0.39, 0.29) is 29.6 Å². The molecular formula is C18H28IN3O. The summed E-state index contributed by atoms with van der Waals surface area (Å²) in [5, 5.41) is 6.96. The van der Waals surface area contributed by atoms with E-state index in [4.69, 9.17) is 4.74 Å². The van der Waals surface area contributed by atoms with Gasteiger partial charge < -0.3 is 15.4 Å². The molecule has 0 bridgehead atoms. The van der Waals surface area contributed by atoms with Crippen LogP contribution < -0.4 is 10.6 Å². The molecule has 0 radical (unpaired) electrons. The molecule has 3 rings (SSSR count). The topological polar surface area (TPSA) is 45.7 Å². The Morgan fingerprint density at radius 2 is 2.17 bits per heavy atom. The molecule has 1 saturated heterocycles. The van der Waals surface area contributed by atoms with E-state index in [1.54, 1.807) is 0 Å². The Morgan fingerprint density at radius 1 is 1.39 bits per heavy atom. The average molecular weight is 429 g/mol. The minimum Gasteiger partial charge on any atom is -0.373 e. The zero-order chi connectivity index (χ0) is 15.6. The molecule has 2 aliphatic rings. The number of ether oxygens (including phenoxy) is 1. The van der Waals surface area contributed by atoms with Crippen molar-refractivity contribution < 1.29 is 4.74 Å². The van der Waals surface area contributed by atoms with Crippen LogP contribution in [-0.2, 0) is 4.74 Å². The Morgan fingerprint density at radius 3 is 2.83 bits per heavy atom. The van der Waals surface area contributed by atoms with Gasteiger partial charge in [-0.1, -0.05) is 24.3 Å². The van der Waals surface area contributed by atoms with Crippen molar-refractivity contribution >= 4 is 29.9 Å². The monoisotopic (exact) mass is 429 g/mol. The number of benzene rings is 1. The van der Waals surface area contributed by atoms with Crippen LogP contribution in [0.2, 0.25) is 0 Å². The number of halogens is 1. The van der Waals surface area contributed by atoms with Crippen molar-refractivity contribution in [3.63, 3.8) is 0 Å². The predicted molar refractivity (Wildman–Crippen MR) is 106 cm³/mol. The Labute approximate surface area is 156 Å². The van der Waals surface area contributed by atoms with Crippen LogP contribution in [0.5, 0.6) is 0 Å². The van der Waals surface area contributed by atoms with Crippen molar-refractivity contribution in [1.29, 1.82) is 0 Å². The van der Waals surface area contributed by atoms with Crippen LogP contribution in [0, 0.1) is 6.92 Å². The molecule has 0 aromatic heterocycles. The van der Waals surface area contributed by atoms with Crippen LogP contribution >= 0.6 is 24.0 Å². The van der Waals surface area contributed by atoms with E-state index in [0.29, 0.717) is 12.0 Å². The summed E-state index contributed by atoms with van der Waals surface area (Å²) in [7, 11) is 1.83. The highest BCUT2D eigenvalue weighted by Gasteiger charge is 2.40. The molecule has 1 heterocycles. The number of rotatable bonds is 4. The SMILES string of the molecule is CN=C(NCC1(C)CCCO1)NC1CC1c1ccccc1C.I. The molecule has 5 heteroatoms. The van der Waals surface area contributed by atoms with Crippen molar-refractivity contribution in [1.82, 2.24) is 10.6 Å². The largest absolute Gasteiger partial charge is 0.373 e. The number of aliphatic imine (C=N–C) groups is 1. The third kappa shape index (κ3) is 4.59. The summed E-state index contributed by atoms with van der Waals surface area (Å²) >= 11 is 0. The summed E-state index contributed by atoms with van der Waals surface area (Å²) < 4.78 is 5.82. The zero-order valence-corrected chi connectivity index (χ0v) is 16.6. The van der Waals surface area contributed by atoms with Gasteiger partial charge in [-0.15, -0.1) is 24.0 Å². The molecule has 3 unspecified atom stereocenters. The molecule has 1 aliphatic carbocycles. The lowest BCUT2D eigenvalue weighted by Crippen LogP contribution is -2.46. The standard InChI is InChI=1S/C18H27N3O.HI/c1-13-7-4-5-8-14(13)15-11-16(15)21-17(19-3)20-12-18(2)9-6-10-22-18;/h4-5,7-8,15-16H,6,9-12H2,1-3H3,(H2,19,20,21);1H. The van der Waals surface area contributed by atoms with Gasteiger partial charge in [0.2, 0.25) is 0 Å². The van der Waals surface area contributed by atoms with E-state index in [1.807, 2.05) is 7.05 Å². The summed E-state index contributed by atoms with van der Waals surface area (Å²) in [5.74, 6) is 1.50. The van der Waals surface area contributed by atoms with E-state index < -0.39 is 0 Å². The Balaban J connectivity index is 0.00000192. The summed E-state index contributed by atoms with van der Waals surface area (Å²) in [6.07, 6.45) is 3.45. The van der Waals surface area contributed by atoms with Gasteiger partial charge in [0, 0.05) is 32.2 Å². The van der Waals surface area contributed by atoms with Gasteiger partial charge in [-0.25, -0.2) is 0 Å². The van der Waals surface area contributed by atoms with Crippen molar-refractivity contribution in [3.05, 3.63) is 35.4 Å². The van der Waals surface area contributed by atoms with Gasteiger partial charge in [0.25, 0.3) is 0 Å². The van der Waals surface area contributed by atoms with Crippen LogP contribution in [-0.4, -0.2) is 37.8 Å². The summed E-state index contributed by atoms with van der Waals surface area (Å²) in [5.41, 5.74) is 2.80. The molecule has 0 amide bonds. The smallest absolute Gasteiger partial charge is 0.191 e. The molecule has 0 spiro atoms. The fourth-order valence-electron chi connectivity index (χ4n) is 3.32. The second kappa shape index (κ2) is 7.83. The van der Waals surface area contributed by atoms with Gasteiger partial charge in [-0.2, -0.15) is 0 Å². The van der Waals surface area contributed by atoms with Crippen LogP contribution in [0.15, 0.2) is 29.3 Å². The molecule has 1 saturated carbocycles. The van der Waals surface area contributed by atoms with Crippen molar-refractivity contribution in [3.8, 4) is 0 Å². The highest BCUT2D eigenvalue weighted by molar-refractivity contribution is 14.0. The normalized spacial score (nSPS) is 29.8. The van der Waals surface area contributed by atoms with Crippen LogP contribution in [0.25, 0.3) is 0 Å². The highest BCUT2D eigenvalue weighted by atomic mass is 127. The number of nitrogens with one attached hydrogen (secondary N) is 2. The van der Waals surface area contributed by atoms with Crippen LogP contribution in [0.3, 0.4) is 0 Å². The lowest BCUT2D eigenvalue weighted by Gasteiger charge is -2.24. The lowest BCUT2D eigenvalue weighted by molar-refractivity contribution is 0.0243. The van der Waals surface area contributed by atoms with E-state index in [1.165, 1.54) is 17.5 Å². The molecule has 1 aromatic rings. The van der Waals surface area contributed by atoms with Gasteiger partial charge in [-0.05, 0) is 44.2 Å². The van der Waals surface area contributed by atoms with Crippen molar-refractivity contribution in [2.75, 3.05) is 20.2 Å². The minimum absolute atomic E-state index is 0. The first-order chi connectivity index (χ1) is 10.6. The molecule has 1 aromatic carbocycles. The average Bonchev–Trinajstić information content (AvgIpc) is 3.14. The third-order valence-electron chi connectivity index (χ3n) is 4.85. The minimum atomic E-state index is -0.0450. The van der Waals surface area contributed by atoms with Crippen LogP contribution in [0.4, 0.5) is 0 Å².